The van der Waals surface area contributed by atoms with E-state index in [2.05, 4.69) is 14.8 Å². The first-order chi connectivity index (χ1) is 51.9. The molecule has 0 radical (unpaired) electrons. The number of rotatable bonds is 11. The Kier molecular flexibility index (Phi) is 22.2. The van der Waals surface area contributed by atoms with Gasteiger partial charge in [0, 0.05) is 124 Å². The smallest absolute Gasteiger partial charge is 0.456 e. The molecule has 19 nitrogen and oxygen atoms in total. The second-order valence-corrected chi connectivity index (χ2v) is 31.7. The third-order valence-electron chi connectivity index (χ3n) is 22.8. The predicted molar refractivity (Wildman–Crippen MR) is 387 cm³/mol. The van der Waals surface area contributed by atoms with Crippen molar-refractivity contribution in [2.45, 2.75) is 138 Å². The average Bonchev–Trinajstić information content (AvgIpc) is 1.54. The number of para-hydroxylation sites is 1. The number of likely N-dealkylation sites (tertiary alicyclic amines) is 3. The van der Waals surface area contributed by atoms with Crippen LogP contribution in [0.1, 0.15) is 150 Å². The molecular formula is C80H83F10N11O8S. The predicted octanol–water partition coefficient (Wildman–Crippen LogP) is 13.7. The fourth-order valence-electron chi connectivity index (χ4n) is 16.5. The summed E-state index contributed by atoms with van der Waals surface area (Å²) in [7, 11) is 2.18. The molecule has 0 atom stereocenters. The van der Waals surface area contributed by atoms with Gasteiger partial charge in [0.15, 0.2) is 9.84 Å². The molecule has 14 rings (SSSR count). The number of fused-ring (bicyclic) bond motifs is 6. The number of aromatic nitrogens is 4. The zero-order chi connectivity index (χ0) is 79.4. The fraction of sp³-hybridized carbons (Fsp3) is 0.412. The van der Waals surface area contributed by atoms with Crippen LogP contribution in [0.3, 0.4) is 0 Å². The van der Waals surface area contributed by atoms with Crippen LogP contribution in [0.15, 0.2) is 145 Å². The van der Waals surface area contributed by atoms with E-state index in [1.54, 1.807) is 91.2 Å². The first-order valence-corrected chi connectivity index (χ1v) is 37.7. The van der Waals surface area contributed by atoms with Crippen LogP contribution in [0, 0.1) is 31.0 Å². The van der Waals surface area contributed by atoms with E-state index in [1.807, 2.05) is 92.7 Å². The number of piperidine rings is 3. The van der Waals surface area contributed by atoms with Crippen molar-refractivity contribution in [1.82, 2.24) is 48.1 Å². The molecule has 0 bridgehead atoms. The van der Waals surface area contributed by atoms with Gasteiger partial charge in [0.25, 0.3) is 29.3 Å². The number of hydrogen-bond donors (Lipinski definition) is 0. The van der Waals surface area contributed by atoms with Crippen LogP contribution in [-0.2, 0) is 58.9 Å². The normalized spacial score (nSPS) is 17.8. The van der Waals surface area contributed by atoms with Gasteiger partial charge in [0.1, 0.15) is 35.6 Å². The molecule has 110 heavy (non-hydrogen) atoms. The molecule has 0 N–H and O–H groups in total. The van der Waals surface area contributed by atoms with E-state index in [9.17, 15) is 76.3 Å². The minimum atomic E-state index is -4.92. The summed E-state index contributed by atoms with van der Waals surface area (Å²) in [5.74, 6) is -4.21. The lowest BCUT2D eigenvalue weighted by Gasteiger charge is -2.50. The SMILES string of the molecule is CN1CCn2c(C(=O)C(F)(F)F)ccc2C12CCN(C(=O)c1ccc(COc3ccccc3)cc1)CC2.Cc1cc(C(=O)N2CCC3(CC2)c2c(F)cc(C(F)(F)F)n2CCN3C)ccc1S(=O)(=O)C(C)C.Cc1cc(C(=O)N2CCC3(CC2)c2ccc(C(=O)C(F)(F)F)n2CCN3C)ccc1-c1ccc(C#N)nc1. The highest BCUT2D eigenvalue weighted by molar-refractivity contribution is 7.92. The molecule has 0 aliphatic carbocycles. The Morgan fingerprint density at radius 2 is 0.973 bits per heavy atom. The standard InChI is InChI=1S/C28H26F3N5O2.C28H28F3N3O3.C24H29F4N3O3S/c1-18-15-19(4-6-22(18)20-3-5-21(16-32)33-17-20)26(38)35-11-9-27(10-12-35)24-8-7-23(25(37)28(29,30)31)36(24)14-13-34(27)2;1-32-17-18-34-23(25(35)28(29,30)31)11-12-24(34)27(32)13-15-33(16-14-27)26(36)21-9-7-20(8-10-21)19-37-22-5-3-2-4-6-22;1-15(2)35(33,34)19-6-5-17(13-16(19)3)22(32)30-9-7-23(8-10-30)21-18(25)14-20(24(26,27)28)31(21)12-11-29(23)4/h3-8,15,17H,9-14H2,1-2H3;2-12H,13-19H2,1H3;5-6,13-15H,7-12H2,1-4H3. The zero-order valence-electron chi connectivity index (χ0n) is 61.7. The Morgan fingerprint density at radius 1 is 0.527 bits per heavy atom. The number of Topliss-reactive ketones (excluding diaryl/α,β-unsaturated/α-hetero) is 2. The Morgan fingerprint density at radius 3 is 1.41 bits per heavy atom. The summed E-state index contributed by atoms with van der Waals surface area (Å²) in [5, 5.41) is 8.37. The monoisotopic (exact) mass is 1550 g/mol. The number of amides is 3. The van der Waals surface area contributed by atoms with Crippen LogP contribution >= 0.6 is 0 Å². The lowest BCUT2D eigenvalue weighted by Crippen LogP contribution is -2.57. The summed E-state index contributed by atoms with van der Waals surface area (Å²) in [4.78, 5) is 79.3. The van der Waals surface area contributed by atoms with E-state index >= 15 is 0 Å². The van der Waals surface area contributed by atoms with Gasteiger partial charge in [-0.15, -0.1) is 0 Å². The van der Waals surface area contributed by atoms with Crippen LogP contribution < -0.4 is 4.74 Å². The van der Waals surface area contributed by atoms with E-state index in [4.69, 9.17) is 10.00 Å². The summed E-state index contributed by atoms with van der Waals surface area (Å²) in [6, 6.07) is 38.7. The van der Waals surface area contributed by atoms with Gasteiger partial charge in [-0.2, -0.15) is 44.8 Å². The third kappa shape index (κ3) is 15.3. The first-order valence-electron chi connectivity index (χ1n) is 36.1. The molecule has 582 valence electrons. The Hall–Kier alpha value is -9.96. The maximum Gasteiger partial charge on any atom is 0.456 e. The number of alkyl halides is 9. The van der Waals surface area contributed by atoms with E-state index < -0.39 is 73.3 Å². The summed E-state index contributed by atoms with van der Waals surface area (Å²) in [5.41, 5.74) is 3.74. The quantitative estimate of drug-likeness (QED) is 0.0876. The number of nitriles is 1. The third-order valence-corrected chi connectivity index (χ3v) is 25.2. The van der Waals surface area contributed by atoms with Crippen molar-refractivity contribution in [3.63, 3.8) is 0 Å². The molecule has 6 aliphatic heterocycles. The number of hydrogen-bond acceptors (Lipinski definition) is 13. The molecule has 4 aromatic carbocycles. The number of benzene rings is 4. The van der Waals surface area contributed by atoms with Gasteiger partial charge in [-0.3, -0.25) is 38.7 Å². The van der Waals surface area contributed by atoms with Crippen molar-refractivity contribution < 1.29 is 81.0 Å². The molecule has 30 heteroatoms. The molecule has 3 amide bonds. The summed E-state index contributed by atoms with van der Waals surface area (Å²) in [6.45, 7) is 11.5. The second kappa shape index (κ2) is 30.7. The van der Waals surface area contributed by atoms with Crippen molar-refractivity contribution >= 4 is 39.1 Å². The van der Waals surface area contributed by atoms with Crippen LogP contribution in [0.4, 0.5) is 43.9 Å². The highest BCUT2D eigenvalue weighted by atomic mass is 32.2. The van der Waals surface area contributed by atoms with Gasteiger partial charge in [-0.1, -0.05) is 36.4 Å². The van der Waals surface area contributed by atoms with E-state index in [1.165, 1.54) is 33.4 Å². The molecule has 8 aromatic rings. The number of carbonyl (C=O) groups is 5. The van der Waals surface area contributed by atoms with Crippen LogP contribution in [0.25, 0.3) is 11.1 Å². The maximum absolute atomic E-state index is 14.9. The number of pyridine rings is 1. The van der Waals surface area contributed by atoms with Gasteiger partial charge in [0.2, 0.25) is 0 Å². The lowest BCUT2D eigenvalue weighted by molar-refractivity contribution is -0.144. The molecule has 3 spiro atoms. The Labute approximate surface area is 630 Å². The molecule has 10 heterocycles. The molecule has 4 aromatic heterocycles. The summed E-state index contributed by atoms with van der Waals surface area (Å²) >= 11 is 0. The topological polar surface area (TPSA) is 200 Å². The maximum atomic E-state index is 14.9. The van der Waals surface area contributed by atoms with Crippen molar-refractivity contribution in [2.75, 3.05) is 80.0 Å². The van der Waals surface area contributed by atoms with Crippen molar-refractivity contribution in [3.8, 4) is 22.9 Å². The van der Waals surface area contributed by atoms with Crippen molar-refractivity contribution in [2.24, 2.45) is 0 Å². The van der Waals surface area contributed by atoms with E-state index in [-0.39, 0.29) is 72.2 Å². The van der Waals surface area contributed by atoms with Crippen LogP contribution in [0.5, 0.6) is 5.75 Å². The van der Waals surface area contributed by atoms with Gasteiger partial charge in [-0.05, 0) is 201 Å². The number of halogens is 10. The van der Waals surface area contributed by atoms with Gasteiger partial charge in [0.05, 0.1) is 43.8 Å². The Bertz CT molecular complexity index is 4960. The first kappa shape index (κ1) is 79.6. The minimum absolute atomic E-state index is 0.0322. The Balaban J connectivity index is 0.000000154. The van der Waals surface area contributed by atoms with Gasteiger partial charge in [-0.25, -0.2) is 17.8 Å². The minimum Gasteiger partial charge on any atom is -0.489 e. The number of ketones is 2. The van der Waals surface area contributed by atoms with Crippen molar-refractivity contribution in [3.05, 3.63) is 219 Å². The van der Waals surface area contributed by atoms with Crippen molar-refractivity contribution in [1.29, 1.82) is 5.26 Å². The average molecular weight is 1550 g/mol. The number of carbonyl (C=O) groups excluding carboxylic acids is 5. The number of likely N-dealkylation sites (N-methyl/N-ethyl adjacent to an activating group) is 3. The molecule has 3 saturated heterocycles. The number of ether oxygens (including phenoxy) is 1. The molecule has 0 unspecified atom stereocenters. The number of aryl methyl sites for hydroxylation is 2. The number of nitrogens with zero attached hydrogens (tertiary/aromatic N) is 11. The molecule has 6 aliphatic rings. The second-order valence-electron chi connectivity index (χ2n) is 29.2. The summed E-state index contributed by atoms with van der Waals surface area (Å²) in [6.07, 6.45) is -10.0. The molecular weight excluding hydrogens is 1460 g/mol. The lowest BCUT2D eigenvalue weighted by atomic mass is 9.81. The van der Waals surface area contributed by atoms with Crippen LogP contribution in [0.2, 0.25) is 0 Å². The largest absolute Gasteiger partial charge is 0.489 e. The van der Waals surface area contributed by atoms with Crippen LogP contribution in [-0.4, -0.2) is 183 Å². The summed E-state index contributed by atoms with van der Waals surface area (Å²) < 4.78 is 169. The molecule has 3 fully saturated rings. The van der Waals surface area contributed by atoms with Gasteiger partial charge < -0.3 is 33.1 Å². The zero-order valence-corrected chi connectivity index (χ0v) is 62.5. The van der Waals surface area contributed by atoms with E-state index in [0.29, 0.717) is 137 Å². The fourth-order valence-corrected chi connectivity index (χ4v) is 17.8. The number of sulfone groups is 1. The van der Waals surface area contributed by atoms with Gasteiger partial charge >= 0.3 is 18.5 Å². The highest BCUT2D eigenvalue weighted by Crippen LogP contribution is 2.48. The molecule has 0 saturated carbocycles. The highest BCUT2D eigenvalue weighted by Gasteiger charge is 2.53. The van der Waals surface area contributed by atoms with E-state index in [0.717, 1.165) is 32.6 Å².